The molecule has 0 amide bonds. The molecule has 224 valence electrons. The molecule has 0 saturated carbocycles. The van der Waals surface area contributed by atoms with E-state index in [4.69, 9.17) is 9.47 Å². The van der Waals surface area contributed by atoms with Crippen molar-refractivity contribution in [2.24, 2.45) is 0 Å². The first-order chi connectivity index (χ1) is 18.9. The van der Waals surface area contributed by atoms with Crippen LogP contribution in [0.2, 0.25) is 0 Å². The van der Waals surface area contributed by atoms with E-state index < -0.39 is 0 Å². The predicted octanol–water partition coefficient (Wildman–Crippen LogP) is 8.61. The Morgan fingerprint density at radius 2 is 0.550 bits per heavy atom. The molecule has 0 spiro atoms. The van der Waals surface area contributed by atoms with Gasteiger partial charge in [0.1, 0.15) is 0 Å². The molecule has 0 aliphatic rings. The predicted molar refractivity (Wildman–Crippen MR) is 174 cm³/mol. The van der Waals surface area contributed by atoms with Crippen molar-refractivity contribution in [2.75, 3.05) is 49.4 Å². The maximum absolute atomic E-state index is 5.63. The third-order valence-corrected chi connectivity index (χ3v) is 9.46. The topological polar surface area (TPSA) is 18.5 Å². The van der Waals surface area contributed by atoms with Crippen molar-refractivity contribution in [1.82, 2.24) is 0 Å². The van der Waals surface area contributed by atoms with E-state index in [1.54, 1.807) is 0 Å². The van der Waals surface area contributed by atoms with Gasteiger partial charge in [-0.25, -0.2) is 48.5 Å². The van der Waals surface area contributed by atoms with Gasteiger partial charge in [0.25, 0.3) is 0 Å². The molecule has 0 atom stereocenters. The zero-order chi connectivity index (χ0) is 26.4. The maximum Gasteiger partial charge on any atom is 0.0556 e. The Labute approximate surface area is 280 Å². The van der Waals surface area contributed by atoms with E-state index in [1.165, 1.54) is 22.3 Å². The molecule has 0 heterocycles. The van der Waals surface area contributed by atoms with Crippen LogP contribution in [-0.4, -0.2) is 49.4 Å². The van der Waals surface area contributed by atoms with Gasteiger partial charge in [-0.2, -0.15) is 95.6 Å². The zero-order valence-electron chi connectivity index (χ0n) is 22.9. The van der Waals surface area contributed by atoms with E-state index in [9.17, 15) is 0 Å². The minimum atomic E-state index is 0. The molecular formula is C32H40Fe2O2S4-4. The van der Waals surface area contributed by atoms with Crippen molar-refractivity contribution in [1.29, 1.82) is 0 Å². The van der Waals surface area contributed by atoms with Crippen LogP contribution < -0.4 is 0 Å². The number of ether oxygens (including phenoxy) is 2. The van der Waals surface area contributed by atoms with Crippen LogP contribution in [0.25, 0.3) is 0 Å². The normalized spacial score (nSPS) is 10.4. The Kier molecular flexibility index (Phi) is 24.9. The summed E-state index contributed by atoms with van der Waals surface area (Å²) in [5.41, 5.74) is 5.65. The average Bonchev–Trinajstić information content (AvgIpc) is 3.76. The van der Waals surface area contributed by atoms with Gasteiger partial charge in [-0.15, -0.1) is 22.3 Å². The zero-order valence-corrected chi connectivity index (χ0v) is 28.4. The summed E-state index contributed by atoms with van der Waals surface area (Å²) in [7, 11) is 0. The van der Waals surface area contributed by atoms with Crippen molar-refractivity contribution < 1.29 is 43.6 Å². The van der Waals surface area contributed by atoms with Gasteiger partial charge in [0.15, 0.2) is 0 Å². The molecule has 0 aliphatic heterocycles. The molecule has 0 unspecified atom stereocenters. The minimum absolute atomic E-state index is 0. The summed E-state index contributed by atoms with van der Waals surface area (Å²) in [6.07, 6.45) is 0. The van der Waals surface area contributed by atoms with Gasteiger partial charge < -0.3 is 9.47 Å². The SMILES string of the molecule is [Fe].[Fe].c1cc[c-](CSCCOCCSC[c-]2cccc2)c1.c1cc[c-](CSCCOCCSC[c-]2cccc2)c1. The molecule has 0 N–H and O–H groups in total. The Hall–Kier alpha value is -0.241. The van der Waals surface area contributed by atoms with Gasteiger partial charge in [-0.3, -0.25) is 0 Å². The molecule has 8 heteroatoms. The van der Waals surface area contributed by atoms with Crippen LogP contribution in [0.3, 0.4) is 0 Å². The van der Waals surface area contributed by atoms with Crippen molar-refractivity contribution in [3.63, 3.8) is 0 Å². The van der Waals surface area contributed by atoms with Crippen LogP contribution >= 0.6 is 47.0 Å². The van der Waals surface area contributed by atoms with Crippen LogP contribution in [0.1, 0.15) is 22.3 Å². The largest absolute Gasteiger partial charge is 0.380 e. The van der Waals surface area contributed by atoms with E-state index in [0.29, 0.717) is 0 Å². The van der Waals surface area contributed by atoms with Crippen molar-refractivity contribution >= 4 is 47.0 Å². The summed E-state index contributed by atoms with van der Waals surface area (Å²) in [5, 5.41) is 0. The van der Waals surface area contributed by atoms with Crippen LogP contribution in [0.5, 0.6) is 0 Å². The summed E-state index contributed by atoms with van der Waals surface area (Å²) < 4.78 is 11.3. The molecule has 4 rings (SSSR count). The first kappa shape index (κ1) is 37.8. The van der Waals surface area contributed by atoms with E-state index in [-0.39, 0.29) is 34.1 Å². The van der Waals surface area contributed by atoms with Crippen molar-refractivity contribution in [3.8, 4) is 0 Å². The first-order valence-electron chi connectivity index (χ1n) is 13.2. The van der Waals surface area contributed by atoms with Gasteiger partial charge in [0, 0.05) is 57.1 Å². The van der Waals surface area contributed by atoms with E-state index >= 15 is 0 Å². The molecule has 0 radical (unpaired) electrons. The second-order valence-corrected chi connectivity index (χ2v) is 13.0. The molecule has 0 fully saturated rings. The third-order valence-electron chi connectivity index (χ3n) is 5.49. The van der Waals surface area contributed by atoms with Crippen LogP contribution in [0.4, 0.5) is 0 Å². The van der Waals surface area contributed by atoms with E-state index in [2.05, 4.69) is 97.1 Å². The number of rotatable bonds is 20. The molecule has 0 bridgehead atoms. The molecule has 0 aliphatic carbocycles. The van der Waals surface area contributed by atoms with Gasteiger partial charge in [0.05, 0.1) is 26.4 Å². The van der Waals surface area contributed by atoms with Crippen LogP contribution in [0, 0.1) is 0 Å². The molecule has 0 aromatic heterocycles. The van der Waals surface area contributed by atoms with Gasteiger partial charge >= 0.3 is 0 Å². The summed E-state index contributed by atoms with van der Waals surface area (Å²) >= 11 is 7.76. The number of hydrogen-bond acceptors (Lipinski definition) is 6. The quantitative estimate of drug-likeness (QED) is 0.0520. The van der Waals surface area contributed by atoms with Crippen LogP contribution in [-0.2, 0) is 66.6 Å². The minimum Gasteiger partial charge on any atom is -0.380 e. The summed E-state index contributed by atoms with van der Waals surface area (Å²) in [5.74, 6) is 8.73. The molecule has 40 heavy (non-hydrogen) atoms. The fourth-order valence-corrected chi connectivity index (χ4v) is 6.71. The second kappa shape index (κ2) is 26.4. The van der Waals surface area contributed by atoms with E-state index in [0.717, 1.165) is 72.5 Å². The maximum atomic E-state index is 5.63. The Bertz CT molecular complexity index is 825. The van der Waals surface area contributed by atoms with E-state index in [1.807, 2.05) is 47.0 Å². The fraction of sp³-hybridized carbons (Fsp3) is 0.375. The van der Waals surface area contributed by atoms with Gasteiger partial charge in [-0.1, -0.05) is 0 Å². The fourth-order valence-electron chi connectivity index (χ4n) is 3.48. The van der Waals surface area contributed by atoms with Crippen molar-refractivity contribution in [3.05, 3.63) is 119 Å². The summed E-state index contributed by atoms with van der Waals surface area (Å²) in [4.78, 5) is 0. The second-order valence-electron chi connectivity index (χ2n) is 8.61. The van der Waals surface area contributed by atoms with Crippen LogP contribution in [0.15, 0.2) is 97.1 Å². The molecule has 4 aromatic carbocycles. The molecular weight excluding hydrogens is 656 g/mol. The summed E-state index contributed by atoms with van der Waals surface area (Å²) in [6, 6.07) is 34.1. The smallest absolute Gasteiger partial charge is 0.0556 e. The first-order valence-corrected chi connectivity index (χ1v) is 17.8. The number of hydrogen-bond donors (Lipinski definition) is 0. The molecule has 2 nitrogen and oxygen atoms in total. The third kappa shape index (κ3) is 19.0. The number of thioether (sulfide) groups is 4. The standard InChI is InChI=1S/2C16H20OS2.2Fe/c2*1-2-6-15(5-1)13-18-11-9-17-10-12-19-14-16-7-3-4-8-16;;/h2*1-8H,9-14H2;;/q2*-2;;. The Balaban J connectivity index is 0.000000381. The molecule has 4 aromatic rings. The Morgan fingerprint density at radius 1 is 0.350 bits per heavy atom. The average molecular weight is 697 g/mol. The van der Waals surface area contributed by atoms with Crippen molar-refractivity contribution in [2.45, 2.75) is 23.0 Å². The van der Waals surface area contributed by atoms with Gasteiger partial charge in [-0.05, 0) is 23.0 Å². The van der Waals surface area contributed by atoms with Gasteiger partial charge in [0.2, 0.25) is 0 Å². The summed E-state index contributed by atoms with van der Waals surface area (Å²) in [6.45, 7) is 3.45. The monoisotopic (exact) mass is 696 g/mol. The Morgan fingerprint density at radius 3 is 0.750 bits per heavy atom. The molecule has 0 saturated heterocycles.